The maximum atomic E-state index is 10.4. The van der Waals surface area contributed by atoms with Gasteiger partial charge in [0.15, 0.2) is 5.75 Å². The number of aromatic hydroxyl groups is 2. The van der Waals surface area contributed by atoms with Gasteiger partial charge in [-0.3, -0.25) is 0 Å². The number of halogens is 1. The van der Waals surface area contributed by atoms with Gasteiger partial charge in [0.05, 0.1) is 16.8 Å². The predicted molar refractivity (Wildman–Crippen MR) is 96.8 cm³/mol. The van der Waals surface area contributed by atoms with Crippen LogP contribution in [0.4, 0.5) is 11.4 Å². The van der Waals surface area contributed by atoms with E-state index in [2.05, 4.69) is 26.2 Å². The molecule has 0 saturated carbocycles. The molecule has 6 heteroatoms. The Balaban J connectivity index is 2.00. The lowest BCUT2D eigenvalue weighted by Gasteiger charge is -2.09. The zero-order chi connectivity index (χ0) is 17.1. The molecule has 0 spiro atoms. The van der Waals surface area contributed by atoms with Crippen molar-refractivity contribution in [2.24, 2.45) is 10.2 Å². The third-order valence-electron chi connectivity index (χ3n) is 3.49. The number of benzene rings is 3. The van der Waals surface area contributed by atoms with E-state index in [4.69, 9.17) is 4.74 Å². The first-order valence-corrected chi connectivity index (χ1v) is 8.18. The highest BCUT2D eigenvalue weighted by molar-refractivity contribution is 9.10. The van der Waals surface area contributed by atoms with Crippen molar-refractivity contribution in [1.29, 1.82) is 0 Å². The number of phenols is 2. The molecule has 0 fully saturated rings. The fraction of sp³-hybridized carbons (Fsp3) is 0.111. The molecule has 3 rings (SSSR count). The van der Waals surface area contributed by atoms with Crippen LogP contribution in [0.1, 0.15) is 6.92 Å². The summed E-state index contributed by atoms with van der Waals surface area (Å²) < 4.78 is 5.67. The number of ether oxygens (including phenoxy) is 1. The predicted octanol–water partition coefficient (Wildman–Crippen LogP) is 5.83. The average molecular weight is 387 g/mol. The van der Waals surface area contributed by atoms with E-state index in [-0.39, 0.29) is 17.2 Å². The summed E-state index contributed by atoms with van der Waals surface area (Å²) in [5, 5.41) is 30.0. The lowest BCUT2D eigenvalue weighted by atomic mass is 10.1. The standard InChI is InChI=1S/C18H15BrN2O3/c1-2-24-12-9-7-11(8-10-12)20-21-16-15(19)17(22)13-5-3-4-6-14(13)18(16)23/h3-10,22-23H,2H2,1H3. The zero-order valence-corrected chi connectivity index (χ0v) is 14.5. The van der Waals surface area contributed by atoms with Crippen LogP contribution in [-0.4, -0.2) is 16.8 Å². The molecule has 3 aromatic rings. The smallest absolute Gasteiger partial charge is 0.152 e. The Hall–Kier alpha value is -2.60. The number of hydrogen-bond donors (Lipinski definition) is 2. The van der Waals surface area contributed by atoms with Gasteiger partial charge < -0.3 is 14.9 Å². The second-order valence-corrected chi connectivity index (χ2v) is 5.83. The Morgan fingerprint density at radius 3 is 2.17 bits per heavy atom. The van der Waals surface area contributed by atoms with Crippen molar-refractivity contribution in [1.82, 2.24) is 0 Å². The third kappa shape index (κ3) is 3.05. The molecule has 0 heterocycles. The first kappa shape index (κ1) is 16.3. The van der Waals surface area contributed by atoms with Gasteiger partial charge >= 0.3 is 0 Å². The molecule has 0 aliphatic carbocycles. The molecular formula is C18H15BrN2O3. The highest BCUT2D eigenvalue weighted by atomic mass is 79.9. The van der Waals surface area contributed by atoms with Gasteiger partial charge in [0.2, 0.25) is 0 Å². The molecule has 0 bridgehead atoms. The van der Waals surface area contributed by atoms with E-state index in [1.807, 2.05) is 6.92 Å². The molecule has 0 aromatic heterocycles. The van der Waals surface area contributed by atoms with Crippen molar-refractivity contribution >= 4 is 38.1 Å². The highest BCUT2D eigenvalue weighted by Gasteiger charge is 2.16. The van der Waals surface area contributed by atoms with Crippen molar-refractivity contribution in [3.63, 3.8) is 0 Å². The minimum absolute atomic E-state index is 0.0176. The van der Waals surface area contributed by atoms with Gasteiger partial charge in [-0.15, -0.1) is 5.11 Å². The molecule has 2 N–H and O–H groups in total. The molecule has 24 heavy (non-hydrogen) atoms. The van der Waals surface area contributed by atoms with Crippen molar-refractivity contribution in [2.75, 3.05) is 6.61 Å². The van der Waals surface area contributed by atoms with Gasteiger partial charge in [-0.05, 0) is 47.1 Å². The first-order chi connectivity index (χ1) is 11.6. The topological polar surface area (TPSA) is 74.4 Å². The molecule has 0 amide bonds. The summed E-state index contributed by atoms with van der Waals surface area (Å²) in [6.07, 6.45) is 0. The van der Waals surface area contributed by atoms with Gasteiger partial charge in [-0.2, -0.15) is 5.11 Å². The molecular weight excluding hydrogens is 372 g/mol. The zero-order valence-electron chi connectivity index (χ0n) is 12.9. The van der Waals surface area contributed by atoms with Crippen LogP contribution in [0.25, 0.3) is 10.8 Å². The Kier molecular flexibility index (Phi) is 4.66. The van der Waals surface area contributed by atoms with E-state index >= 15 is 0 Å². The van der Waals surface area contributed by atoms with Crippen LogP contribution in [0.5, 0.6) is 17.2 Å². The Morgan fingerprint density at radius 1 is 0.917 bits per heavy atom. The fourth-order valence-electron chi connectivity index (χ4n) is 2.33. The molecule has 122 valence electrons. The van der Waals surface area contributed by atoms with Gasteiger partial charge in [-0.25, -0.2) is 0 Å². The monoisotopic (exact) mass is 386 g/mol. The summed E-state index contributed by atoms with van der Waals surface area (Å²) in [6.45, 7) is 2.51. The van der Waals surface area contributed by atoms with Crippen LogP contribution >= 0.6 is 15.9 Å². The molecule has 0 aliphatic heterocycles. The second-order valence-electron chi connectivity index (χ2n) is 5.03. The number of phenolic OH excluding ortho intramolecular Hbond substituents is 2. The van der Waals surface area contributed by atoms with E-state index in [1.165, 1.54) is 0 Å². The lowest BCUT2D eigenvalue weighted by Crippen LogP contribution is -1.89. The fourth-order valence-corrected chi connectivity index (χ4v) is 2.81. The van der Waals surface area contributed by atoms with Gasteiger partial charge in [0, 0.05) is 10.8 Å². The summed E-state index contributed by atoms with van der Waals surface area (Å²) >= 11 is 3.27. The minimum Gasteiger partial charge on any atom is -0.506 e. The minimum atomic E-state index is -0.0371. The van der Waals surface area contributed by atoms with E-state index in [1.54, 1.807) is 48.5 Å². The largest absolute Gasteiger partial charge is 0.506 e. The van der Waals surface area contributed by atoms with E-state index in [0.29, 0.717) is 27.5 Å². The van der Waals surface area contributed by atoms with Crippen LogP contribution in [0, 0.1) is 0 Å². The van der Waals surface area contributed by atoms with Crippen molar-refractivity contribution in [3.8, 4) is 17.2 Å². The highest BCUT2D eigenvalue weighted by Crippen LogP contribution is 2.48. The van der Waals surface area contributed by atoms with Gasteiger partial charge in [0.1, 0.15) is 17.2 Å². The Morgan fingerprint density at radius 2 is 1.54 bits per heavy atom. The Labute approximate surface area is 147 Å². The normalized spacial score (nSPS) is 11.2. The van der Waals surface area contributed by atoms with Crippen molar-refractivity contribution in [2.45, 2.75) is 6.92 Å². The summed E-state index contributed by atoms with van der Waals surface area (Å²) in [5.74, 6) is 0.734. The van der Waals surface area contributed by atoms with E-state index in [9.17, 15) is 10.2 Å². The third-order valence-corrected chi connectivity index (χ3v) is 4.24. The number of azo groups is 1. The molecule has 0 aliphatic rings. The summed E-state index contributed by atoms with van der Waals surface area (Å²) in [4.78, 5) is 0. The molecule has 5 nitrogen and oxygen atoms in total. The number of nitrogens with zero attached hydrogens (tertiary/aromatic N) is 2. The summed E-state index contributed by atoms with van der Waals surface area (Å²) in [5.41, 5.74) is 0.789. The molecule has 0 radical (unpaired) electrons. The van der Waals surface area contributed by atoms with Gasteiger partial charge in [0.25, 0.3) is 0 Å². The second kappa shape index (κ2) is 6.88. The van der Waals surface area contributed by atoms with Crippen molar-refractivity contribution in [3.05, 3.63) is 53.0 Å². The average Bonchev–Trinajstić information content (AvgIpc) is 2.61. The summed E-state index contributed by atoms with van der Waals surface area (Å²) in [6, 6.07) is 14.1. The first-order valence-electron chi connectivity index (χ1n) is 7.38. The summed E-state index contributed by atoms with van der Waals surface area (Å²) in [7, 11) is 0. The maximum Gasteiger partial charge on any atom is 0.152 e. The lowest BCUT2D eigenvalue weighted by molar-refractivity contribution is 0.340. The van der Waals surface area contributed by atoms with Crippen LogP contribution in [0.15, 0.2) is 63.2 Å². The molecule has 0 atom stereocenters. The van der Waals surface area contributed by atoms with Crippen molar-refractivity contribution < 1.29 is 14.9 Å². The maximum absolute atomic E-state index is 10.4. The molecule has 3 aromatic carbocycles. The van der Waals surface area contributed by atoms with Crippen LogP contribution in [-0.2, 0) is 0 Å². The van der Waals surface area contributed by atoms with Gasteiger partial charge in [-0.1, -0.05) is 24.3 Å². The SMILES string of the molecule is CCOc1ccc(N=Nc2c(Br)c(O)c3ccccc3c2O)cc1. The quantitative estimate of drug-likeness (QED) is 0.437. The Bertz CT molecular complexity index is 908. The van der Waals surface area contributed by atoms with E-state index in [0.717, 1.165) is 5.75 Å². The van der Waals surface area contributed by atoms with Crippen LogP contribution in [0.2, 0.25) is 0 Å². The number of hydrogen-bond acceptors (Lipinski definition) is 5. The molecule has 0 unspecified atom stereocenters. The van der Waals surface area contributed by atoms with Crippen LogP contribution in [0.3, 0.4) is 0 Å². The number of rotatable bonds is 4. The molecule has 0 saturated heterocycles. The number of fused-ring (bicyclic) bond motifs is 1. The van der Waals surface area contributed by atoms with Crippen LogP contribution < -0.4 is 4.74 Å². The van der Waals surface area contributed by atoms with E-state index < -0.39 is 0 Å².